The second-order valence-corrected chi connectivity index (χ2v) is 7.83. The van der Waals surface area contributed by atoms with Gasteiger partial charge in [0, 0.05) is 17.0 Å². The number of thioether (sulfide) groups is 1. The van der Waals surface area contributed by atoms with Crippen molar-refractivity contribution in [1.29, 1.82) is 0 Å². The van der Waals surface area contributed by atoms with E-state index in [9.17, 15) is 14.9 Å². The Balaban J connectivity index is 1.67. The number of hydrogen-bond donors (Lipinski definition) is 1. The first-order chi connectivity index (χ1) is 12.5. The molecule has 0 saturated heterocycles. The first-order valence-corrected chi connectivity index (χ1v) is 9.52. The monoisotopic (exact) mass is 385 g/mol. The zero-order valence-corrected chi connectivity index (χ0v) is 15.4. The number of thiazole rings is 1. The standard InChI is InChI=1S/C18H15N3O3S2/c1-12(17(22)19-14-9-5-6-10-16(14)21(23)24)26-18-20-15(11-25-18)13-7-3-2-4-8-13/h2-12H,1H3,(H,19,22). The van der Waals surface area contributed by atoms with E-state index < -0.39 is 10.2 Å². The van der Waals surface area contributed by atoms with E-state index in [2.05, 4.69) is 10.3 Å². The van der Waals surface area contributed by atoms with E-state index in [0.29, 0.717) is 0 Å². The highest BCUT2D eigenvalue weighted by Gasteiger charge is 2.20. The molecule has 0 aliphatic rings. The summed E-state index contributed by atoms with van der Waals surface area (Å²) in [6.07, 6.45) is 0. The molecule has 1 atom stereocenters. The van der Waals surface area contributed by atoms with Gasteiger partial charge in [-0.15, -0.1) is 11.3 Å². The Kier molecular flexibility index (Phi) is 5.65. The van der Waals surface area contributed by atoms with Crippen LogP contribution in [0.1, 0.15) is 6.92 Å². The van der Waals surface area contributed by atoms with Crippen molar-refractivity contribution in [1.82, 2.24) is 4.98 Å². The lowest BCUT2D eigenvalue weighted by molar-refractivity contribution is -0.383. The maximum absolute atomic E-state index is 12.4. The topological polar surface area (TPSA) is 85.1 Å². The van der Waals surface area contributed by atoms with Crippen LogP contribution < -0.4 is 5.32 Å². The minimum Gasteiger partial charge on any atom is -0.319 e. The smallest absolute Gasteiger partial charge is 0.292 e. The van der Waals surface area contributed by atoms with E-state index in [1.807, 2.05) is 35.7 Å². The van der Waals surface area contributed by atoms with Crippen molar-refractivity contribution in [2.75, 3.05) is 5.32 Å². The van der Waals surface area contributed by atoms with E-state index in [1.165, 1.54) is 35.2 Å². The summed E-state index contributed by atoms with van der Waals surface area (Å²) >= 11 is 2.79. The van der Waals surface area contributed by atoms with Crippen molar-refractivity contribution in [3.63, 3.8) is 0 Å². The number of para-hydroxylation sites is 2. The lowest BCUT2D eigenvalue weighted by Gasteiger charge is -2.10. The van der Waals surface area contributed by atoms with Gasteiger partial charge in [0.25, 0.3) is 5.69 Å². The number of anilines is 1. The summed E-state index contributed by atoms with van der Waals surface area (Å²) in [5.74, 6) is -0.305. The molecule has 1 heterocycles. The highest BCUT2D eigenvalue weighted by molar-refractivity contribution is 8.02. The Hall–Kier alpha value is -2.71. The molecule has 1 unspecified atom stereocenters. The van der Waals surface area contributed by atoms with Gasteiger partial charge in [0.15, 0.2) is 4.34 Å². The summed E-state index contributed by atoms with van der Waals surface area (Å²) in [4.78, 5) is 27.5. The van der Waals surface area contributed by atoms with Crippen molar-refractivity contribution in [2.24, 2.45) is 0 Å². The number of carbonyl (C=O) groups is 1. The van der Waals surface area contributed by atoms with Crippen LogP contribution in [0, 0.1) is 10.1 Å². The van der Waals surface area contributed by atoms with Crippen LogP contribution in [-0.4, -0.2) is 21.1 Å². The fraction of sp³-hybridized carbons (Fsp3) is 0.111. The number of nitrogens with zero attached hydrogens (tertiary/aromatic N) is 2. The minimum absolute atomic E-state index is 0.126. The van der Waals surface area contributed by atoms with Gasteiger partial charge >= 0.3 is 0 Å². The molecule has 3 rings (SSSR count). The zero-order chi connectivity index (χ0) is 18.5. The molecule has 1 amide bonds. The van der Waals surface area contributed by atoms with Gasteiger partial charge in [-0.2, -0.15) is 0 Å². The van der Waals surface area contributed by atoms with Gasteiger partial charge in [-0.05, 0) is 13.0 Å². The SMILES string of the molecule is CC(Sc1nc(-c2ccccc2)cs1)C(=O)Nc1ccccc1[N+](=O)[O-]. The quantitative estimate of drug-likeness (QED) is 0.373. The van der Waals surface area contributed by atoms with E-state index in [0.717, 1.165) is 15.6 Å². The van der Waals surface area contributed by atoms with Gasteiger partial charge in [-0.25, -0.2) is 4.98 Å². The molecule has 2 aromatic carbocycles. The van der Waals surface area contributed by atoms with Crippen LogP contribution in [-0.2, 0) is 4.79 Å². The van der Waals surface area contributed by atoms with E-state index in [4.69, 9.17) is 0 Å². The Labute approximate surface area is 158 Å². The number of carbonyl (C=O) groups excluding carboxylic acids is 1. The van der Waals surface area contributed by atoms with Gasteiger partial charge in [-0.1, -0.05) is 54.2 Å². The molecular formula is C18H15N3O3S2. The zero-order valence-electron chi connectivity index (χ0n) is 13.8. The van der Waals surface area contributed by atoms with Gasteiger partial charge in [-0.3, -0.25) is 14.9 Å². The van der Waals surface area contributed by atoms with Crippen LogP contribution in [0.15, 0.2) is 64.3 Å². The summed E-state index contributed by atoms with van der Waals surface area (Å²) in [6, 6.07) is 15.9. The first kappa shape index (κ1) is 18.1. The fourth-order valence-corrected chi connectivity index (χ4v) is 4.20. The number of hydrogen-bond acceptors (Lipinski definition) is 6. The molecule has 8 heteroatoms. The molecule has 0 radical (unpaired) electrons. The lowest BCUT2D eigenvalue weighted by Crippen LogP contribution is -2.22. The Bertz CT molecular complexity index is 928. The Morgan fingerprint density at radius 1 is 1.19 bits per heavy atom. The third kappa shape index (κ3) is 4.27. The molecular weight excluding hydrogens is 370 g/mol. The molecule has 1 N–H and O–H groups in total. The highest BCUT2D eigenvalue weighted by Crippen LogP contribution is 2.31. The number of nitro benzene ring substituents is 1. The van der Waals surface area contributed by atoms with Crippen molar-refractivity contribution in [2.45, 2.75) is 16.5 Å². The number of nitro groups is 1. The van der Waals surface area contributed by atoms with E-state index in [-0.39, 0.29) is 17.3 Å². The normalized spacial score (nSPS) is 11.7. The molecule has 0 saturated carbocycles. The van der Waals surface area contributed by atoms with E-state index >= 15 is 0 Å². The second-order valence-electron chi connectivity index (χ2n) is 5.39. The average molecular weight is 385 g/mol. The van der Waals surface area contributed by atoms with Gasteiger partial charge in [0.1, 0.15) is 5.69 Å². The predicted molar refractivity (Wildman–Crippen MR) is 105 cm³/mol. The minimum atomic E-state index is -0.514. The summed E-state index contributed by atoms with van der Waals surface area (Å²) in [6.45, 7) is 1.75. The fourth-order valence-electron chi connectivity index (χ4n) is 2.23. The van der Waals surface area contributed by atoms with E-state index in [1.54, 1.807) is 19.1 Å². The molecule has 0 spiro atoms. The summed E-state index contributed by atoms with van der Waals surface area (Å²) in [5.41, 5.74) is 1.95. The maximum atomic E-state index is 12.4. The molecule has 3 aromatic rings. The largest absolute Gasteiger partial charge is 0.319 e. The number of nitrogens with one attached hydrogen (secondary N) is 1. The molecule has 132 valence electrons. The van der Waals surface area contributed by atoms with Crippen LogP contribution >= 0.6 is 23.1 Å². The second kappa shape index (κ2) is 8.11. The van der Waals surface area contributed by atoms with Crippen molar-refractivity contribution < 1.29 is 9.72 Å². The van der Waals surface area contributed by atoms with Gasteiger partial charge in [0.05, 0.1) is 15.9 Å². The van der Waals surface area contributed by atoms with Crippen LogP contribution in [0.25, 0.3) is 11.3 Å². The highest BCUT2D eigenvalue weighted by atomic mass is 32.2. The van der Waals surface area contributed by atoms with Crippen LogP contribution in [0.5, 0.6) is 0 Å². The third-order valence-corrected chi connectivity index (χ3v) is 5.63. The Morgan fingerprint density at radius 2 is 1.88 bits per heavy atom. The molecule has 0 aliphatic carbocycles. The molecule has 6 nitrogen and oxygen atoms in total. The number of aromatic nitrogens is 1. The van der Waals surface area contributed by atoms with Crippen molar-refractivity contribution >= 4 is 40.4 Å². The van der Waals surface area contributed by atoms with Crippen molar-refractivity contribution in [3.8, 4) is 11.3 Å². The van der Waals surface area contributed by atoms with Gasteiger partial charge in [0.2, 0.25) is 5.91 Å². The Morgan fingerprint density at radius 3 is 2.62 bits per heavy atom. The van der Waals surface area contributed by atoms with Crippen molar-refractivity contribution in [3.05, 3.63) is 70.1 Å². The number of rotatable bonds is 6. The maximum Gasteiger partial charge on any atom is 0.292 e. The number of benzene rings is 2. The predicted octanol–water partition coefficient (Wildman–Crippen LogP) is 4.84. The molecule has 1 aromatic heterocycles. The average Bonchev–Trinajstić information content (AvgIpc) is 3.11. The lowest BCUT2D eigenvalue weighted by atomic mass is 10.2. The molecule has 0 bridgehead atoms. The van der Waals surface area contributed by atoms with Crippen LogP contribution in [0.4, 0.5) is 11.4 Å². The molecule has 26 heavy (non-hydrogen) atoms. The summed E-state index contributed by atoms with van der Waals surface area (Å²) in [7, 11) is 0. The summed E-state index contributed by atoms with van der Waals surface area (Å²) < 4.78 is 0.772. The first-order valence-electron chi connectivity index (χ1n) is 7.76. The number of amides is 1. The third-order valence-electron chi connectivity index (χ3n) is 3.56. The summed E-state index contributed by atoms with van der Waals surface area (Å²) in [5, 5.41) is 15.2. The molecule has 0 aliphatic heterocycles. The van der Waals surface area contributed by atoms with Crippen LogP contribution in [0.2, 0.25) is 0 Å². The van der Waals surface area contributed by atoms with Crippen LogP contribution in [0.3, 0.4) is 0 Å². The van der Waals surface area contributed by atoms with Gasteiger partial charge < -0.3 is 5.32 Å². The molecule has 0 fully saturated rings.